The van der Waals surface area contributed by atoms with Crippen molar-refractivity contribution < 1.29 is 19.2 Å². The summed E-state index contributed by atoms with van der Waals surface area (Å²) in [6, 6.07) is 11.4. The quantitative estimate of drug-likeness (QED) is 0.441. The van der Waals surface area contributed by atoms with Gasteiger partial charge in [0.1, 0.15) is 18.1 Å². The summed E-state index contributed by atoms with van der Waals surface area (Å²) in [5, 5.41) is 13.3. The summed E-state index contributed by atoms with van der Waals surface area (Å²) in [6.07, 6.45) is 0. The molecule has 2 aromatic rings. The molecule has 0 aliphatic heterocycles. The van der Waals surface area contributed by atoms with E-state index in [1.165, 1.54) is 18.2 Å². The molecule has 0 radical (unpaired) electrons. The van der Waals surface area contributed by atoms with Crippen LogP contribution in [0, 0.1) is 17.0 Å². The zero-order chi connectivity index (χ0) is 18.2. The van der Waals surface area contributed by atoms with E-state index in [4.69, 9.17) is 21.1 Å². The molecule has 0 atom stereocenters. The third-order valence-corrected chi connectivity index (χ3v) is 3.46. The first-order chi connectivity index (χ1) is 12.0. The van der Waals surface area contributed by atoms with E-state index >= 15 is 0 Å². The van der Waals surface area contributed by atoms with Gasteiger partial charge >= 0.3 is 0 Å². The van der Waals surface area contributed by atoms with Gasteiger partial charge in [-0.1, -0.05) is 23.7 Å². The van der Waals surface area contributed by atoms with Crippen molar-refractivity contribution in [3.63, 3.8) is 0 Å². The van der Waals surface area contributed by atoms with Gasteiger partial charge in [-0.15, -0.1) is 0 Å². The predicted molar refractivity (Wildman–Crippen MR) is 93.3 cm³/mol. The molecule has 0 saturated carbocycles. The number of rotatable bonds is 8. The molecule has 0 aromatic heterocycles. The minimum absolute atomic E-state index is 0.0739. The van der Waals surface area contributed by atoms with E-state index in [1.54, 1.807) is 0 Å². The van der Waals surface area contributed by atoms with Gasteiger partial charge in [-0.25, -0.2) is 0 Å². The Morgan fingerprint density at radius 1 is 1.24 bits per heavy atom. The molecular formula is C17H17ClN2O5. The third kappa shape index (κ3) is 5.96. The summed E-state index contributed by atoms with van der Waals surface area (Å²) in [5.41, 5.74) is 0.949. The summed E-state index contributed by atoms with van der Waals surface area (Å²) in [7, 11) is 0. The number of nitrogens with one attached hydrogen (secondary N) is 1. The first-order valence-corrected chi connectivity index (χ1v) is 7.86. The fourth-order valence-corrected chi connectivity index (χ4v) is 2.21. The Balaban J connectivity index is 1.71. The van der Waals surface area contributed by atoms with Crippen LogP contribution in [0.15, 0.2) is 42.5 Å². The molecule has 25 heavy (non-hydrogen) atoms. The molecule has 0 spiro atoms. The topological polar surface area (TPSA) is 90.7 Å². The van der Waals surface area contributed by atoms with Crippen LogP contribution < -0.4 is 14.8 Å². The van der Waals surface area contributed by atoms with Crippen molar-refractivity contribution in [3.05, 3.63) is 63.2 Å². The van der Waals surface area contributed by atoms with E-state index < -0.39 is 4.92 Å². The van der Waals surface area contributed by atoms with Gasteiger partial charge in [0.15, 0.2) is 6.61 Å². The fourth-order valence-electron chi connectivity index (χ4n) is 1.98. The Hall–Kier alpha value is -2.80. The van der Waals surface area contributed by atoms with Crippen LogP contribution in [0.4, 0.5) is 5.69 Å². The highest BCUT2D eigenvalue weighted by atomic mass is 35.5. The second-order valence-electron chi connectivity index (χ2n) is 5.18. The summed E-state index contributed by atoms with van der Waals surface area (Å²) >= 11 is 5.88. The molecule has 1 amide bonds. The van der Waals surface area contributed by atoms with E-state index in [1.807, 2.05) is 31.2 Å². The Labute approximate surface area is 149 Å². The van der Waals surface area contributed by atoms with Crippen molar-refractivity contribution in [2.24, 2.45) is 0 Å². The molecule has 0 saturated heterocycles. The van der Waals surface area contributed by atoms with Crippen molar-refractivity contribution in [1.82, 2.24) is 5.32 Å². The van der Waals surface area contributed by atoms with Gasteiger partial charge in [0, 0.05) is 12.1 Å². The molecule has 1 N–H and O–H groups in total. The van der Waals surface area contributed by atoms with Crippen LogP contribution in [-0.2, 0) is 4.79 Å². The number of carbonyl (C=O) groups excluding carboxylic acids is 1. The van der Waals surface area contributed by atoms with Crippen molar-refractivity contribution in [3.8, 4) is 11.5 Å². The molecule has 0 bridgehead atoms. The van der Waals surface area contributed by atoms with Crippen molar-refractivity contribution in [2.45, 2.75) is 6.92 Å². The summed E-state index contributed by atoms with van der Waals surface area (Å²) in [4.78, 5) is 21.8. The number of nitro groups is 1. The van der Waals surface area contributed by atoms with Gasteiger partial charge in [0.2, 0.25) is 0 Å². The zero-order valence-electron chi connectivity index (χ0n) is 13.5. The van der Waals surface area contributed by atoms with Crippen molar-refractivity contribution >= 4 is 23.2 Å². The van der Waals surface area contributed by atoms with Crippen molar-refractivity contribution in [1.29, 1.82) is 0 Å². The van der Waals surface area contributed by atoms with Gasteiger partial charge < -0.3 is 14.8 Å². The number of non-ortho nitro benzene ring substituents is 1. The lowest BCUT2D eigenvalue weighted by Crippen LogP contribution is -2.32. The average molecular weight is 365 g/mol. The van der Waals surface area contributed by atoms with Crippen LogP contribution in [0.1, 0.15) is 5.56 Å². The SMILES string of the molecule is Cc1cccc(OCCNC(=O)COc2ccc([N+](=O)[O-])cc2Cl)c1. The molecule has 132 valence electrons. The summed E-state index contributed by atoms with van der Waals surface area (Å²) in [6.45, 7) is 2.37. The number of ether oxygens (including phenoxy) is 2. The highest BCUT2D eigenvalue weighted by molar-refractivity contribution is 6.32. The molecule has 7 nitrogen and oxygen atoms in total. The minimum atomic E-state index is -0.559. The molecule has 2 rings (SSSR count). The second-order valence-corrected chi connectivity index (χ2v) is 5.58. The Kier molecular flexibility index (Phi) is 6.59. The number of nitrogens with zero attached hydrogens (tertiary/aromatic N) is 1. The molecule has 2 aromatic carbocycles. The molecule has 0 heterocycles. The molecule has 8 heteroatoms. The van der Waals surface area contributed by atoms with E-state index in [-0.39, 0.29) is 29.0 Å². The number of benzene rings is 2. The van der Waals surface area contributed by atoms with E-state index in [0.29, 0.717) is 13.2 Å². The monoisotopic (exact) mass is 364 g/mol. The fraction of sp³-hybridized carbons (Fsp3) is 0.235. The maximum Gasteiger partial charge on any atom is 0.271 e. The number of amides is 1. The van der Waals surface area contributed by atoms with Gasteiger partial charge in [0.05, 0.1) is 16.5 Å². The molecule has 0 aliphatic carbocycles. The lowest BCUT2D eigenvalue weighted by molar-refractivity contribution is -0.384. The minimum Gasteiger partial charge on any atom is -0.492 e. The van der Waals surface area contributed by atoms with Crippen LogP contribution in [0.2, 0.25) is 5.02 Å². The van der Waals surface area contributed by atoms with E-state index in [2.05, 4.69) is 5.32 Å². The second kappa shape index (κ2) is 8.89. The van der Waals surface area contributed by atoms with Crippen molar-refractivity contribution in [2.75, 3.05) is 19.8 Å². The van der Waals surface area contributed by atoms with Crippen LogP contribution in [0.25, 0.3) is 0 Å². The van der Waals surface area contributed by atoms with Gasteiger partial charge in [-0.3, -0.25) is 14.9 Å². The first-order valence-electron chi connectivity index (χ1n) is 7.48. The van der Waals surface area contributed by atoms with Gasteiger partial charge in [-0.2, -0.15) is 0 Å². The van der Waals surface area contributed by atoms with E-state index in [9.17, 15) is 14.9 Å². The smallest absolute Gasteiger partial charge is 0.271 e. The zero-order valence-corrected chi connectivity index (χ0v) is 14.3. The maximum absolute atomic E-state index is 11.7. The first kappa shape index (κ1) is 18.5. The summed E-state index contributed by atoms with van der Waals surface area (Å²) < 4.78 is 10.8. The molecule has 0 aliphatic rings. The van der Waals surface area contributed by atoms with Crippen LogP contribution >= 0.6 is 11.6 Å². The predicted octanol–water partition coefficient (Wildman–Crippen LogP) is 3.13. The number of aryl methyl sites for hydroxylation is 1. The highest BCUT2D eigenvalue weighted by Crippen LogP contribution is 2.28. The third-order valence-electron chi connectivity index (χ3n) is 3.17. The van der Waals surface area contributed by atoms with Crippen LogP contribution in [-0.4, -0.2) is 30.6 Å². The maximum atomic E-state index is 11.7. The van der Waals surface area contributed by atoms with E-state index in [0.717, 1.165) is 11.3 Å². The lowest BCUT2D eigenvalue weighted by Gasteiger charge is -2.10. The number of carbonyl (C=O) groups is 1. The summed E-state index contributed by atoms with van der Waals surface area (Å²) in [5.74, 6) is 0.601. The largest absolute Gasteiger partial charge is 0.492 e. The molecule has 0 fully saturated rings. The lowest BCUT2D eigenvalue weighted by atomic mass is 10.2. The van der Waals surface area contributed by atoms with Gasteiger partial charge in [-0.05, 0) is 30.7 Å². The highest BCUT2D eigenvalue weighted by Gasteiger charge is 2.11. The van der Waals surface area contributed by atoms with Gasteiger partial charge in [0.25, 0.3) is 11.6 Å². The number of hydrogen-bond acceptors (Lipinski definition) is 5. The Bertz CT molecular complexity index is 766. The average Bonchev–Trinajstić information content (AvgIpc) is 2.57. The number of halogens is 1. The Morgan fingerprint density at radius 3 is 2.72 bits per heavy atom. The van der Waals surface area contributed by atoms with Crippen LogP contribution in [0.3, 0.4) is 0 Å². The molecule has 0 unspecified atom stereocenters. The Morgan fingerprint density at radius 2 is 2.04 bits per heavy atom. The number of nitro benzene ring substituents is 1. The van der Waals surface area contributed by atoms with Crippen LogP contribution in [0.5, 0.6) is 11.5 Å². The molecular weight excluding hydrogens is 348 g/mol. The number of hydrogen-bond donors (Lipinski definition) is 1. The standard InChI is InChI=1S/C17H17ClN2O5/c1-12-3-2-4-14(9-12)24-8-7-19-17(21)11-25-16-6-5-13(20(22)23)10-15(16)18/h2-6,9-10H,7-8,11H2,1H3,(H,19,21). The normalized spacial score (nSPS) is 10.2.